The molecule has 0 aliphatic carbocycles. The molecule has 11 heteroatoms. The van der Waals surface area contributed by atoms with Gasteiger partial charge in [-0.15, -0.1) is 0 Å². The first-order valence-corrected chi connectivity index (χ1v) is 11.1. The number of aromatic hydroxyl groups is 1. The molecule has 3 heterocycles. The Balaban J connectivity index is 1.70. The summed E-state index contributed by atoms with van der Waals surface area (Å²) >= 11 is 0. The van der Waals surface area contributed by atoms with E-state index in [1.165, 1.54) is 12.3 Å². The number of aromatic carboxylic acids is 1. The number of rotatable bonds is 5. The van der Waals surface area contributed by atoms with E-state index in [4.69, 9.17) is 0 Å². The number of pyridine rings is 2. The number of fused-ring (bicyclic) bond motifs is 1. The molecule has 0 radical (unpaired) electrons. The minimum Gasteiger partial charge on any atom is -0.504 e. The minimum atomic E-state index is -1.33. The van der Waals surface area contributed by atoms with Gasteiger partial charge in [-0.2, -0.15) is 0 Å². The first kappa shape index (κ1) is 21.6. The lowest BCUT2D eigenvalue weighted by Crippen LogP contribution is -2.34. The van der Waals surface area contributed by atoms with Gasteiger partial charge in [0, 0.05) is 30.4 Å². The van der Waals surface area contributed by atoms with E-state index >= 15 is 0 Å². The van der Waals surface area contributed by atoms with E-state index in [1.54, 1.807) is 16.4 Å². The average Bonchev–Trinajstić information content (AvgIpc) is 2.79. The molecule has 3 aromatic rings. The van der Waals surface area contributed by atoms with Crippen LogP contribution in [-0.4, -0.2) is 48.6 Å². The molecule has 9 nitrogen and oxygen atoms in total. The Kier molecular flexibility index (Phi) is 5.99. The van der Waals surface area contributed by atoms with Gasteiger partial charge in [0.15, 0.2) is 17.3 Å². The van der Waals surface area contributed by atoms with Gasteiger partial charge in [0.05, 0.1) is 5.56 Å². The summed E-state index contributed by atoms with van der Waals surface area (Å²) in [6, 6.07) is 6.55. The monoisotopic (exact) mass is 458 g/mol. The van der Waals surface area contributed by atoms with Crippen LogP contribution in [0.2, 0.25) is 0 Å². The number of nitrogens with one attached hydrogen (secondary N) is 1. The number of aromatic nitrogens is 2. The maximum Gasteiger partial charge on any atom is 0.336 e. The van der Waals surface area contributed by atoms with Crippen LogP contribution in [0.25, 0.3) is 10.9 Å². The Labute approximate surface area is 184 Å². The lowest BCUT2D eigenvalue weighted by Gasteiger charge is -2.27. The summed E-state index contributed by atoms with van der Waals surface area (Å²) in [5.41, 5.74) is -0.291. The summed E-state index contributed by atoms with van der Waals surface area (Å²) in [6.45, 7) is 0.250. The van der Waals surface area contributed by atoms with Crippen LogP contribution in [-0.2, 0) is 17.5 Å². The van der Waals surface area contributed by atoms with Crippen LogP contribution in [0.5, 0.6) is 5.75 Å². The number of carbonyl (C=O) groups excluding carboxylic acids is 1. The van der Waals surface area contributed by atoms with Crippen molar-refractivity contribution in [3.63, 3.8) is 0 Å². The largest absolute Gasteiger partial charge is 0.504 e. The molecule has 1 unspecified atom stereocenters. The van der Waals surface area contributed by atoms with E-state index in [9.17, 15) is 28.4 Å². The quantitative estimate of drug-likeness (QED) is 0.535. The molecule has 0 bridgehead atoms. The highest BCUT2D eigenvalue weighted by Crippen LogP contribution is 2.34. The van der Waals surface area contributed by atoms with Crippen LogP contribution in [0.3, 0.4) is 0 Å². The van der Waals surface area contributed by atoms with Gasteiger partial charge in [0.2, 0.25) is 0 Å². The summed E-state index contributed by atoms with van der Waals surface area (Å²) in [6.07, 6.45) is 3.08. The van der Waals surface area contributed by atoms with Crippen LogP contribution >= 0.6 is 0 Å². The molecular weight excluding hydrogens is 439 g/mol. The molecule has 4 rings (SSSR count). The van der Waals surface area contributed by atoms with Crippen LogP contribution in [0, 0.1) is 5.82 Å². The molecule has 0 spiro atoms. The van der Waals surface area contributed by atoms with E-state index in [-0.39, 0.29) is 34.7 Å². The van der Waals surface area contributed by atoms with Crippen molar-refractivity contribution < 1.29 is 28.4 Å². The number of benzene rings is 1. The van der Waals surface area contributed by atoms with E-state index in [0.29, 0.717) is 17.7 Å². The Morgan fingerprint density at radius 3 is 2.81 bits per heavy atom. The molecule has 1 amide bonds. The van der Waals surface area contributed by atoms with Gasteiger partial charge in [-0.05, 0) is 42.7 Å². The molecule has 1 aliphatic heterocycles. The molecule has 1 fully saturated rings. The fourth-order valence-corrected chi connectivity index (χ4v) is 4.85. The van der Waals surface area contributed by atoms with Crippen molar-refractivity contribution in [2.45, 2.75) is 19.4 Å². The van der Waals surface area contributed by atoms with Crippen molar-refractivity contribution in [1.29, 1.82) is 0 Å². The van der Waals surface area contributed by atoms with Crippen molar-refractivity contribution in [2.24, 2.45) is 0 Å². The SMILES string of the molecule is O=C(O)c1cc(F)ccc1CNC(=O)c1nc(N2CCCCS2=O)c2cccnc2c1O. The fourth-order valence-electron chi connectivity index (χ4n) is 3.51. The number of amides is 1. The highest BCUT2D eigenvalue weighted by atomic mass is 32.2. The molecule has 3 N–H and O–H groups in total. The minimum absolute atomic E-state index is 0.137. The molecular formula is C21H19FN4O5S. The number of anilines is 1. The summed E-state index contributed by atoms with van der Waals surface area (Å²) in [7, 11) is -1.33. The van der Waals surface area contributed by atoms with Gasteiger partial charge in [-0.1, -0.05) is 6.07 Å². The Morgan fingerprint density at radius 1 is 1.25 bits per heavy atom. The van der Waals surface area contributed by atoms with Gasteiger partial charge in [-0.25, -0.2) is 18.4 Å². The van der Waals surface area contributed by atoms with Gasteiger partial charge in [0.25, 0.3) is 5.91 Å². The van der Waals surface area contributed by atoms with Crippen LogP contribution in [0.15, 0.2) is 36.5 Å². The summed E-state index contributed by atoms with van der Waals surface area (Å²) in [5.74, 6) is -2.52. The first-order chi connectivity index (χ1) is 15.4. The third-order valence-electron chi connectivity index (χ3n) is 5.08. The van der Waals surface area contributed by atoms with Crippen molar-refractivity contribution >= 4 is 39.6 Å². The van der Waals surface area contributed by atoms with Gasteiger partial charge >= 0.3 is 5.97 Å². The smallest absolute Gasteiger partial charge is 0.336 e. The third-order valence-corrected chi connectivity index (χ3v) is 6.57. The Morgan fingerprint density at radius 2 is 2.06 bits per heavy atom. The number of halogens is 1. The summed E-state index contributed by atoms with van der Waals surface area (Å²) in [4.78, 5) is 32.7. The third kappa shape index (κ3) is 4.11. The Hall–Kier alpha value is -3.60. The molecule has 166 valence electrons. The standard InChI is InChI=1S/C21H19FN4O5S/c22-13-6-5-12(15(10-13)21(29)30)11-24-20(28)17-18(27)16-14(4-3-7-23-16)19(25-17)26-8-1-2-9-32(26)31/h3-7,10,27H,1-2,8-9,11H2,(H,24,28)(H,29,30). The maximum absolute atomic E-state index is 13.4. The molecule has 1 saturated heterocycles. The van der Waals surface area contributed by atoms with Crippen LogP contribution < -0.4 is 9.62 Å². The van der Waals surface area contributed by atoms with Crippen LogP contribution in [0.4, 0.5) is 10.2 Å². The molecule has 1 aliphatic rings. The number of hydrogen-bond acceptors (Lipinski definition) is 6. The topological polar surface area (TPSA) is 133 Å². The second-order valence-corrected chi connectivity index (χ2v) is 8.65. The fraction of sp³-hybridized carbons (Fsp3) is 0.238. The lowest BCUT2D eigenvalue weighted by atomic mass is 10.1. The van der Waals surface area contributed by atoms with Crippen molar-refractivity contribution in [3.8, 4) is 5.75 Å². The van der Waals surface area contributed by atoms with E-state index in [1.807, 2.05) is 0 Å². The lowest BCUT2D eigenvalue weighted by molar-refractivity contribution is 0.0693. The normalized spacial score (nSPS) is 16.2. The first-order valence-electron chi connectivity index (χ1n) is 9.80. The van der Waals surface area contributed by atoms with Gasteiger partial charge in [0.1, 0.15) is 22.3 Å². The van der Waals surface area contributed by atoms with Crippen molar-refractivity contribution in [3.05, 3.63) is 59.2 Å². The zero-order valence-electron chi connectivity index (χ0n) is 16.7. The second kappa shape index (κ2) is 8.87. The zero-order valence-corrected chi connectivity index (χ0v) is 17.6. The molecule has 0 saturated carbocycles. The summed E-state index contributed by atoms with van der Waals surface area (Å²) < 4.78 is 27.6. The van der Waals surface area contributed by atoms with Crippen molar-refractivity contribution in [1.82, 2.24) is 15.3 Å². The Bertz CT molecular complexity index is 1250. The predicted octanol–water partition coefficient (Wildman–Crippen LogP) is 2.37. The second-order valence-electron chi connectivity index (χ2n) is 7.16. The van der Waals surface area contributed by atoms with E-state index in [2.05, 4.69) is 15.3 Å². The highest BCUT2D eigenvalue weighted by Gasteiger charge is 2.27. The summed E-state index contributed by atoms with van der Waals surface area (Å²) in [5, 5.41) is 22.9. The van der Waals surface area contributed by atoms with Crippen molar-refractivity contribution in [2.75, 3.05) is 16.6 Å². The number of hydrogen-bond donors (Lipinski definition) is 3. The zero-order chi connectivity index (χ0) is 22.8. The van der Waals surface area contributed by atoms with Gasteiger partial charge in [-0.3, -0.25) is 14.1 Å². The van der Waals surface area contributed by atoms with Crippen LogP contribution in [0.1, 0.15) is 39.3 Å². The number of carboxylic acid groups (broad SMARTS) is 1. The van der Waals surface area contributed by atoms with Gasteiger partial charge < -0.3 is 15.5 Å². The number of nitrogens with zero attached hydrogens (tertiary/aromatic N) is 3. The van der Waals surface area contributed by atoms with E-state index in [0.717, 1.165) is 25.0 Å². The average molecular weight is 458 g/mol. The molecule has 2 aromatic heterocycles. The highest BCUT2D eigenvalue weighted by molar-refractivity contribution is 7.86. The van der Waals surface area contributed by atoms with E-state index < -0.39 is 34.4 Å². The predicted molar refractivity (Wildman–Crippen MR) is 115 cm³/mol. The molecule has 1 atom stereocenters. The maximum atomic E-state index is 13.4. The molecule has 32 heavy (non-hydrogen) atoms. The molecule has 1 aromatic carbocycles. The number of carboxylic acids is 1. The number of carbonyl (C=O) groups is 2.